The summed E-state index contributed by atoms with van der Waals surface area (Å²) in [4.78, 5) is 0. The molecule has 0 fully saturated rings. The van der Waals surface area contributed by atoms with E-state index in [1.54, 1.807) is 7.11 Å². The van der Waals surface area contributed by atoms with Crippen LogP contribution in [0.3, 0.4) is 0 Å². The number of hydrogen-bond donors (Lipinski definition) is 0. The molecule has 0 radical (unpaired) electrons. The van der Waals surface area contributed by atoms with E-state index in [1.807, 2.05) is 36.4 Å². The van der Waals surface area contributed by atoms with Gasteiger partial charge in [-0.05, 0) is 49.2 Å². The summed E-state index contributed by atoms with van der Waals surface area (Å²) in [6.07, 6.45) is 0. The Morgan fingerprint density at radius 1 is 0.905 bits per heavy atom. The van der Waals surface area contributed by atoms with Gasteiger partial charge in [-0.1, -0.05) is 28.1 Å². The lowest BCUT2D eigenvalue weighted by Crippen LogP contribution is -2.09. The summed E-state index contributed by atoms with van der Waals surface area (Å²) in [5.41, 5.74) is 2.33. The molecule has 0 aromatic heterocycles. The van der Waals surface area contributed by atoms with Crippen LogP contribution in [0.4, 0.5) is 0 Å². The van der Waals surface area contributed by atoms with Gasteiger partial charge in [0, 0.05) is 4.47 Å². The van der Waals surface area contributed by atoms with Gasteiger partial charge in [-0.25, -0.2) is 0 Å². The summed E-state index contributed by atoms with van der Waals surface area (Å²) < 4.78 is 17.8. The molecule has 4 heteroatoms. The van der Waals surface area contributed by atoms with E-state index in [-0.39, 0.29) is 0 Å². The first kappa shape index (κ1) is 15.7. The van der Waals surface area contributed by atoms with Gasteiger partial charge < -0.3 is 14.2 Å². The smallest absolute Gasteiger partial charge is 0.161 e. The zero-order valence-electron chi connectivity index (χ0n) is 12.5. The first-order valence-electron chi connectivity index (χ1n) is 6.77. The molecule has 2 aromatic carbocycles. The molecule has 2 aromatic rings. The van der Waals surface area contributed by atoms with Crippen LogP contribution >= 0.6 is 15.9 Å². The molecule has 0 heterocycles. The molecular weight excluding hydrogens is 332 g/mol. The topological polar surface area (TPSA) is 27.7 Å². The highest BCUT2D eigenvalue weighted by molar-refractivity contribution is 9.10. The van der Waals surface area contributed by atoms with Gasteiger partial charge >= 0.3 is 0 Å². The van der Waals surface area contributed by atoms with Gasteiger partial charge in [-0.3, -0.25) is 0 Å². The van der Waals surface area contributed by atoms with Crippen molar-refractivity contribution in [3.63, 3.8) is 0 Å². The monoisotopic (exact) mass is 350 g/mol. The SMILES string of the molecule is COc1ccccc1OCCOc1cc(C)c(Br)c(C)c1. The van der Waals surface area contributed by atoms with Crippen molar-refractivity contribution in [3.05, 3.63) is 52.0 Å². The Bertz CT molecular complexity index is 588. The van der Waals surface area contributed by atoms with Gasteiger partial charge in [-0.2, -0.15) is 0 Å². The quantitative estimate of drug-likeness (QED) is 0.716. The first-order chi connectivity index (χ1) is 10.1. The van der Waals surface area contributed by atoms with Crippen molar-refractivity contribution in [1.29, 1.82) is 0 Å². The van der Waals surface area contributed by atoms with Crippen molar-refractivity contribution in [2.24, 2.45) is 0 Å². The van der Waals surface area contributed by atoms with Crippen LogP contribution in [0.2, 0.25) is 0 Å². The average Bonchev–Trinajstić information content (AvgIpc) is 2.49. The maximum absolute atomic E-state index is 5.73. The van der Waals surface area contributed by atoms with Gasteiger partial charge in [0.1, 0.15) is 19.0 Å². The number of ether oxygens (including phenoxy) is 3. The zero-order valence-corrected chi connectivity index (χ0v) is 14.1. The van der Waals surface area contributed by atoms with Crippen LogP contribution in [0, 0.1) is 13.8 Å². The van der Waals surface area contributed by atoms with Crippen LogP contribution in [0.25, 0.3) is 0 Å². The van der Waals surface area contributed by atoms with Crippen LogP contribution in [0.5, 0.6) is 17.2 Å². The highest BCUT2D eigenvalue weighted by Gasteiger charge is 2.04. The van der Waals surface area contributed by atoms with Crippen molar-refractivity contribution in [2.45, 2.75) is 13.8 Å². The van der Waals surface area contributed by atoms with E-state index in [2.05, 4.69) is 29.8 Å². The molecule has 112 valence electrons. The predicted molar refractivity (Wildman–Crippen MR) is 87.6 cm³/mol. The summed E-state index contributed by atoms with van der Waals surface area (Å²) in [6.45, 7) is 5.05. The normalized spacial score (nSPS) is 10.3. The third-order valence-electron chi connectivity index (χ3n) is 3.09. The summed E-state index contributed by atoms with van der Waals surface area (Å²) in [7, 11) is 1.63. The molecule has 0 N–H and O–H groups in total. The molecule has 0 aliphatic carbocycles. The van der Waals surface area contributed by atoms with Crippen molar-refractivity contribution >= 4 is 15.9 Å². The molecule has 0 amide bonds. The Morgan fingerprint density at radius 3 is 2.10 bits per heavy atom. The number of aryl methyl sites for hydroxylation is 2. The van der Waals surface area contributed by atoms with Crippen LogP contribution in [0.1, 0.15) is 11.1 Å². The molecule has 21 heavy (non-hydrogen) atoms. The molecule has 0 aliphatic rings. The second-order valence-corrected chi connectivity index (χ2v) is 5.51. The maximum Gasteiger partial charge on any atom is 0.161 e. The number of halogens is 1. The lowest BCUT2D eigenvalue weighted by atomic mass is 10.1. The van der Waals surface area contributed by atoms with Crippen LogP contribution in [0.15, 0.2) is 40.9 Å². The molecule has 0 spiro atoms. The Balaban J connectivity index is 1.88. The molecule has 0 saturated carbocycles. The largest absolute Gasteiger partial charge is 0.493 e. The van der Waals surface area contributed by atoms with Crippen molar-refractivity contribution < 1.29 is 14.2 Å². The lowest BCUT2D eigenvalue weighted by molar-refractivity contribution is 0.211. The molecule has 0 unspecified atom stereocenters. The molecule has 0 atom stereocenters. The van der Waals surface area contributed by atoms with Crippen LogP contribution < -0.4 is 14.2 Å². The molecule has 3 nitrogen and oxygen atoms in total. The van der Waals surface area contributed by atoms with E-state index < -0.39 is 0 Å². The Hall–Kier alpha value is -1.68. The van der Waals surface area contributed by atoms with Crippen LogP contribution in [-0.4, -0.2) is 20.3 Å². The second kappa shape index (κ2) is 7.36. The number of hydrogen-bond acceptors (Lipinski definition) is 3. The minimum Gasteiger partial charge on any atom is -0.493 e. The molecule has 0 aliphatic heterocycles. The van der Waals surface area contributed by atoms with Crippen molar-refractivity contribution in [2.75, 3.05) is 20.3 Å². The third-order valence-corrected chi connectivity index (χ3v) is 4.34. The first-order valence-corrected chi connectivity index (χ1v) is 7.56. The highest BCUT2D eigenvalue weighted by atomic mass is 79.9. The Labute approximate surface area is 134 Å². The minimum atomic E-state index is 0.467. The highest BCUT2D eigenvalue weighted by Crippen LogP contribution is 2.27. The third kappa shape index (κ3) is 4.14. The van der Waals surface area contributed by atoms with E-state index in [4.69, 9.17) is 14.2 Å². The van der Waals surface area contributed by atoms with E-state index in [1.165, 1.54) is 0 Å². The summed E-state index contributed by atoms with van der Waals surface area (Å²) >= 11 is 3.55. The van der Waals surface area contributed by atoms with Crippen molar-refractivity contribution in [3.8, 4) is 17.2 Å². The Kier molecular flexibility index (Phi) is 5.51. The molecular formula is C17H19BrO3. The van der Waals surface area contributed by atoms with E-state index in [0.717, 1.165) is 32.8 Å². The van der Waals surface area contributed by atoms with Gasteiger partial charge in [-0.15, -0.1) is 0 Å². The number of rotatable bonds is 6. The Morgan fingerprint density at radius 2 is 1.48 bits per heavy atom. The lowest BCUT2D eigenvalue weighted by Gasteiger charge is -2.12. The fourth-order valence-corrected chi connectivity index (χ4v) is 2.27. The zero-order chi connectivity index (χ0) is 15.2. The van der Waals surface area contributed by atoms with Gasteiger partial charge in [0.2, 0.25) is 0 Å². The second-order valence-electron chi connectivity index (χ2n) is 4.72. The fourth-order valence-electron chi connectivity index (χ4n) is 2.04. The predicted octanol–water partition coefficient (Wildman–Crippen LogP) is 4.53. The maximum atomic E-state index is 5.73. The van der Waals surface area contributed by atoms with E-state index >= 15 is 0 Å². The van der Waals surface area contributed by atoms with E-state index in [0.29, 0.717) is 13.2 Å². The fraction of sp³-hybridized carbons (Fsp3) is 0.294. The minimum absolute atomic E-state index is 0.467. The van der Waals surface area contributed by atoms with Gasteiger partial charge in [0.15, 0.2) is 11.5 Å². The summed E-state index contributed by atoms with van der Waals surface area (Å²) in [6, 6.07) is 11.6. The average molecular weight is 351 g/mol. The van der Waals surface area contributed by atoms with E-state index in [9.17, 15) is 0 Å². The summed E-state index contributed by atoms with van der Waals surface area (Å²) in [5, 5.41) is 0. The van der Waals surface area contributed by atoms with Crippen LogP contribution in [-0.2, 0) is 0 Å². The number of benzene rings is 2. The van der Waals surface area contributed by atoms with Gasteiger partial charge in [0.25, 0.3) is 0 Å². The molecule has 2 rings (SSSR count). The standard InChI is InChI=1S/C17H19BrO3/c1-12-10-14(11-13(2)17(12)18)20-8-9-21-16-7-5-4-6-15(16)19-3/h4-7,10-11H,8-9H2,1-3H3. The van der Waals surface area contributed by atoms with Crippen molar-refractivity contribution in [1.82, 2.24) is 0 Å². The molecule has 0 bridgehead atoms. The molecule has 0 saturated heterocycles. The number of methoxy groups -OCH3 is 1. The summed E-state index contributed by atoms with van der Waals surface area (Å²) in [5.74, 6) is 2.32. The van der Waals surface area contributed by atoms with Gasteiger partial charge in [0.05, 0.1) is 7.11 Å². The number of para-hydroxylation sites is 2.